The van der Waals surface area contributed by atoms with E-state index in [4.69, 9.17) is 11.5 Å². The van der Waals surface area contributed by atoms with Crippen molar-refractivity contribution in [2.24, 2.45) is 11.5 Å². The molecule has 27 heavy (non-hydrogen) atoms. The summed E-state index contributed by atoms with van der Waals surface area (Å²) in [7, 11) is 0. The largest absolute Gasteiger partial charge is 0.330 e. The fraction of sp³-hybridized carbons (Fsp3) is 0.833. The Morgan fingerprint density at radius 2 is 0.741 bits per heavy atom. The van der Waals surface area contributed by atoms with Crippen LogP contribution in [0.2, 0.25) is 0 Å². The first-order valence-electron chi connectivity index (χ1n) is 11.8. The molecule has 1 rings (SSSR count). The van der Waals surface area contributed by atoms with Crippen molar-refractivity contribution in [3.05, 3.63) is 21.9 Å². The van der Waals surface area contributed by atoms with Crippen molar-refractivity contribution in [2.45, 2.75) is 116 Å². The van der Waals surface area contributed by atoms with Crippen molar-refractivity contribution in [3.8, 4) is 0 Å². The molecule has 0 aliphatic heterocycles. The number of thiophene rings is 1. The van der Waals surface area contributed by atoms with Crippen LogP contribution in [0, 0.1) is 0 Å². The Morgan fingerprint density at radius 1 is 0.444 bits per heavy atom. The Balaban J connectivity index is 1.90. The van der Waals surface area contributed by atoms with Gasteiger partial charge in [0.2, 0.25) is 0 Å². The molecule has 0 aromatic carbocycles. The first kappa shape index (κ1) is 24.7. The molecule has 0 atom stereocenters. The van der Waals surface area contributed by atoms with Crippen molar-refractivity contribution in [2.75, 3.05) is 13.1 Å². The summed E-state index contributed by atoms with van der Waals surface area (Å²) in [5, 5.41) is 0. The summed E-state index contributed by atoms with van der Waals surface area (Å²) in [4.78, 5) is 3.21. The predicted molar refractivity (Wildman–Crippen MR) is 124 cm³/mol. The Kier molecular flexibility index (Phi) is 17.3. The van der Waals surface area contributed by atoms with E-state index in [1.165, 1.54) is 116 Å². The van der Waals surface area contributed by atoms with Crippen LogP contribution in [-0.2, 0) is 12.8 Å². The second-order valence-electron chi connectivity index (χ2n) is 8.10. The number of aryl methyl sites for hydroxylation is 2. The normalized spacial score (nSPS) is 11.3. The van der Waals surface area contributed by atoms with Gasteiger partial charge in [-0.1, -0.05) is 77.0 Å². The van der Waals surface area contributed by atoms with Gasteiger partial charge in [-0.3, -0.25) is 0 Å². The van der Waals surface area contributed by atoms with Crippen LogP contribution in [0.3, 0.4) is 0 Å². The van der Waals surface area contributed by atoms with E-state index in [0.29, 0.717) is 0 Å². The summed E-state index contributed by atoms with van der Waals surface area (Å²) >= 11 is 2.06. The summed E-state index contributed by atoms with van der Waals surface area (Å²) in [5.74, 6) is 0. The molecule has 0 fully saturated rings. The lowest BCUT2D eigenvalue weighted by Gasteiger charge is -2.02. The summed E-state index contributed by atoms with van der Waals surface area (Å²) in [6.45, 7) is 1.72. The topological polar surface area (TPSA) is 52.0 Å². The number of nitrogens with two attached hydrogens (primary N) is 2. The molecule has 1 heterocycles. The highest BCUT2D eigenvalue weighted by Gasteiger charge is 2.01. The van der Waals surface area contributed by atoms with Gasteiger partial charge in [0.15, 0.2) is 0 Å². The third kappa shape index (κ3) is 15.2. The minimum atomic E-state index is 0.860. The molecule has 1 aromatic heterocycles. The van der Waals surface area contributed by atoms with Crippen molar-refractivity contribution >= 4 is 11.3 Å². The SMILES string of the molecule is NCCCCCCCCCCc1ccc(CCCCCCCCCCN)s1. The molecule has 0 radical (unpaired) electrons. The molecule has 0 spiro atoms. The van der Waals surface area contributed by atoms with Gasteiger partial charge in [-0.05, 0) is 63.7 Å². The molecule has 0 saturated carbocycles. The number of hydrogen-bond donors (Lipinski definition) is 2. The summed E-state index contributed by atoms with van der Waals surface area (Å²) < 4.78 is 0. The van der Waals surface area contributed by atoms with E-state index < -0.39 is 0 Å². The van der Waals surface area contributed by atoms with Gasteiger partial charge in [0.05, 0.1) is 0 Å². The Morgan fingerprint density at radius 3 is 1.07 bits per heavy atom. The smallest absolute Gasteiger partial charge is 0.00481 e. The lowest BCUT2D eigenvalue weighted by molar-refractivity contribution is 0.570. The average Bonchev–Trinajstić information content (AvgIpc) is 3.13. The van der Waals surface area contributed by atoms with E-state index >= 15 is 0 Å². The first-order valence-corrected chi connectivity index (χ1v) is 12.7. The van der Waals surface area contributed by atoms with Crippen LogP contribution in [-0.4, -0.2) is 13.1 Å². The molecule has 0 aliphatic rings. The van der Waals surface area contributed by atoms with E-state index in [9.17, 15) is 0 Å². The molecule has 2 nitrogen and oxygen atoms in total. The summed E-state index contributed by atoms with van der Waals surface area (Å²) in [5.41, 5.74) is 11.1. The van der Waals surface area contributed by atoms with Crippen LogP contribution in [0.1, 0.15) is 112 Å². The van der Waals surface area contributed by atoms with Crippen LogP contribution in [0.15, 0.2) is 12.1 Å². The van der Waals surface area contributed by atoms with E-state index in [0.717, 1.165) is 13.1 Å². The van der Waals surface area contributed by atoms with Crippen LogP contribution in [0.5, 0.6) is 0 Å². The minimum absolute atomic E-state index is 0.860. The Bertz CT molecular complexity index is 380. The van der Waals surface area contributed by atoms with Gasteiger partial charge >= 0.3 is 0 Å². The van der Waals surface area contributed by atoms with Crippen LogP contribution >= 0.6 is 11.3 Å². The third-order valence-corrected chi connectivity index (χ3v) is 6.68. The Labute approximate surface area is 173 Å². The van der Waals surface area contributed by atoms with Gasteiger partial charge < -0.3 is 11.5 Å². The van der Waals surface area contributed by atoms with E-state index in [1.807, 2.05) is 0 Å². The molecule has 3 heteroatoms. The van der Waals surface area contributed by atoms with Gasteiger partial charge in [0.25, 0.3) is 0 Å². The zero-order valence-electron chi connectivity index (χ0n) is 17.9. The molecule has 0 saturated heterocycles. The zero-order chi connectivity index (χ0) is 19.4. The zero-order valence-corrected chi connectivity index (χ0v) is 18.7. The standard InChI is InChI=1S/C24H46N2S/c25-21-15-11-7-3-1-5-9-13-17-23-19-20-24(27-23)18-14-10-6-2-4-8-12-16-22-26/h19-20H,1-18,21-22,25-26H2. The van der Waals surface area contributed by atoms with E-state index in [1.54, 1.807) is 9.75 Å². The second-order valence-corrected chi connectivity index (χ2v) is 9.36. The maximum atomic E-state index is 5.53. The monoisotopic (exact) mass is 394 g/mol. The molecule has 0 bridgehead atoms. The first-order chi connectivity index (χ1) is 13.4. The predicted octanol–water partition coefficient (Wildman–Crippen LogP) is 6.99. The molecular weight excluding hydrogens is 348 g/mol. The number of hydrogen-bond acceptors (Lipinski definition) is 3. The third-order valence-electron chi connectivity index (χ3n) is 5.47. The maximum absolute atomic E-state index is 5.53. The Hall–Kier alpha value is -0.380. The minimum Gasteiger partial charge on any atom is -0.330 e. The number of rotatable bonds is 20. The van der Waals surface area contributed by atoms with E-state index in [-0.39, 0.29) is 0 Å². The quantitative estimate of drug-likeness (QED) is 0.234. The van der Waals surface area contributed by atoms with Crippen molar-refractivity contribution in [1.82, 2.24) is 0 Å². The van der Waals surface area contributed by atoms with Crippen LogP contribution in [0.4, 0.5) is 0 Å². The molecule has 158 valence electrons. The van der Waals surface area contributed by atoms with Crippen molar-refractivity contribution in [1.29, 1.82) is 0 Å². The van der Waals surface area contributed by atoms with Crippen molar-refractivity contribution < 1.29 is 0 Å². The molecule has 0 aliphatic carbocycles. The lowest BCUT2D eigenvalue weighted by Crippen LogP contribution is -1.97. The van der Waals surface area contributed by atoms with Gasteiger partial charge in [-0.25, -0.2) is 0 Å². The fourth-order valence-corrected chi connectivity index (χ4v) is 4.80. The highest BCUT2D eigenvalue weighted by molar-refractivity contribution is 7.11. The highest BCUT2D eigenvalue weighted by Crippen LogP contribution is 2.22. The van der Waals surface area contributed by atoms with Gasteiger partial charge in [-0.2, -0.15) is 0 Å². The highest BCUT2D eigenvalue weighted by atomic mass is 32.1. The molecule has 0 amide bonds. The number of unbranched alkanes of at least 4 members (excludes halogenated alkanes) is 14. The van der Waals surface area contributed by atoms with Crippen LogP contribution < -0.4 is 11.5 Å². The van der Waals surface area contributed by atoms with Gasteiger partial charge in [-0.15, -0.1) is 11.3 Å². The fourth-order valence-electron chi connectivity index (χ4n) is 3.70. The molecule has 1 aromatic rings. The summed E-state index contributed by atoms with van der Waals surface area (Å²) in [6.07, 6.45) is 24.4. The molecule has 0 unspecified atom stereocenters. The van der Waals surface area contributed by atoms with Crippen molar-refractivity contribution in [3.63, 3.8) is 0 Å². The molecular formula is C24H46N2S. The summed E-state index contributed by atoms with van der Waals surface area (Å²) in [6, 6.07) is 4.76. The van der Waals surface area contributed by atoms with Gasteiger partial charge in [0, 0.05) is 9.75 Å². The average molecular weight is 395 g/mol. The van der Waals surface area contributed by atoms with Crippen LogP contribution in [0.25, 0.3) is 0 Å². The molecule has 4 N–H and O–H groups in total. The maximum Gasteiger partial charge on any atom is 0.00481 e. The van der Waals surface area contributed by atoms with Gasteiger partial charge in [0.1, 0.15) is 0 Å². The lowest BCUT2D eigenvalue weighted by atomic mass is 10.1. The second kappa shape index (κ2) is 19.0. The van der Waals surface area contributed by atoms with E-state index in [2.05, 4.69) is 23.5 Å².